The molecule has 2 aromatic rings. The highest BCUT2D eigenvalue weighted by Gasteiger charge is 2.60. The molecule has 142 valence electrons. The number of carbonyl (C=O) groups excluding carboxylic acids is 2. The second-order valence-corrected chi connectivity index (χ2v) is 6.65. The second kappa shape index (κ2) is 7.82. The molecule has 0 aliphatic heterocycles. The molecule has 0 amide bonds. The van der Waals surface area contributed by atoms with Gasteiger partial charge in [0.2, 0.25) is 0 Å². The standard InChI is InChI=1S/C22H24O5/c1-5-27-22(24)20-18(14-6-9-16(25-3)10-7-14)19(20)21(23)15-8-11-17(26-4)13(2)12-15/h6-12,18-20H,5H2,1-4H3. The topological polar surface area (TPSA) is 61.8 Å². The van der Waals surface area contributed by atoms with Crippen molar-refractivity contribution >= 4 is 11.8 Å². The van der Waals surface area contributed by atoms with Gasteiger partial charge in [-0.15, -0.1) is 0 Å². The SMILES string of the molecule is CCOC(=O)C1C(C(=O)c2ccc(OC)c(C)c2)C1c1ccc(OC)cc1. The van der Waals surface area contributed by atoms with E-state index in [0.29, 0.717) is 12.2 Å². The van der Waals surface area contributed by atoms with Crippen LogP contribution in [-0.2, 0) is 9.53 Å². The van der Waals surface area contributed by atoms with Gasteiger partial charge in [0.1, 0.15) is 11.5 Å². The summed E-state index contributed by atoms with van der Waals surface area (Å²) in [5.74, 6) is 0.0709. The van der Waals surface area contributed by atoms with Crippen LogP contribution in [0.2, 0.25) is 0 Å². The number of ketones is 1. The molecular formula is C22H24O5. The van der Waals surface area contributed by atoms with Gasteiger partial charge in [-0.2, -0.15) is 0 Å². The van der Waals surface area contributed by atoms with Gasteiger partial charge in [0, 0.05) is 17.4 Å². The molecule has 2 aromatic carbocycles. The first kappa shape index (κ1) is 19.0. The third-order valence-electron chi connectivity index (χ3n) is 5.06. The molecule has 5 nitrogen and oxygen atoms in total. The third-order valence-corrected chi connectivity index (χ3v) is 5.06. The smallest absolute Gasteiger partial charge is 0.310 e. The van der Waals surface area contributed by atoms with Crippen LogP contribution in [0.5, 0.6) is 11.5 Å². The van der Waals surface area contributed by atoms with Crippen LogP contribution >= 0.6 is 0 Å². The minimum atomic E-state index is -0.451. The molecule has 0 radical (unpaired) electrons. The zero-order chi connectivity index (χ0) is 19.6. The van der Waals surface area contributed by atoms with Gasteiger partial charge in [0.05, 0.1) is 26.7 Å². The summed E-state index contributed by atoms with van der Waals surface area (Å²) < 4.78 is 15.7. The Hall–Kier alpha value is -2.82. The monoisotopic (exact) mass is 368 g/mol. The lowest BCUT2D eigenvalue weighted by molar-refractivity contribution is -0.145. The molecule has 0 saturated heterocycles. The fraction of sp³-hybridized carbons (Fsp3) is 0.364. The van der Waals surface area contributed by atoms with Crippen molar-refractivity contribution in [2.45, 2.75) is 19.8 Å². The van der Waals surface area contributed by atoms with Gasteiger partial charge in [-0.25, -0.2) is 0 Å². The van der Waals surface area contributed by atoms with Gasteiger partial charge >= 0.3 is 5.97 Å². The molecule has 0 spiro atoms. The predicted molar refractivity (Wildman–Crippen MR) is 101 cm³/mol. The molecule has 1 fully saturated rings. The minimum Gasteiger partial charge on any atom is -0.497 e. The predicted octanol–water partition coefficient (Wildman–Crippen LogP) is 3.79. The molecular weight excluding hydrogens is 344 g/mol. The van der Waals surface area contributed by atoms with E-state index in [1.54, 1.807) is 33.3 Å². The highest BCUT2D eigenvalue weighted by Crippen LogP contribution is 2.56. The van der Waals surface area contributed by atoms with Crippen LogP contribution in [0.25, 0.3) is 0 Å². The molecule has 27 heavy (non-hydrogen) atoms. The maximum atomic E-state index is 13.1. The first-order chi connectivity index (χ1) is 13.0. The average molecular weight is 368 g/mol. The third kappa shape index (κ3) is 3.68. The number of rotatable bonds is 7. The Morgan fingerprint density at radius 3 is 2.22 bits per heavy atom. The number of carbonyl (C=O) groups is 2. The van der Waals surface area contributed by atoms with E-state index in [9.17, 15) is 9.59 Å². The molecule has 5 heteroatoms. The minimum absolute atomic E-state index is 0.0420. The number of hydrogen-bond donors (Lipinski definition) is 0. The fourth-order valence-electron chi connectivity index (χ4n) is 3.63. The summed E-state index contributed by atoms with van der Waals surface area (Å²) in [6.45, 7) is 3.96. The van der Waals surface area contributed by atoms with E-state index in [2.05, 4.69) is 0 Å². The van der Waals surface area contributed by atoms with Crippen molar-refractivity contribution in [2.75, 3.05) is 20.8 Å². The zero-order valence-corrected chi connectivity index (χ0v) is 16.0. The van der Waals surface area contributed by atoms with Crippen molar-refractivity contribution in [1.29, 1.82) is 0 Å². The summed E-state index contributed by atoms with van der Waals surface area (Å²) in [6.07, 6.45) is 0. The van der Waals surface area contributed by atoms with Gasteiger partial charge < -0.3 is 14.2 Å². The van der Waals surface area contributed by atoms with E-state index in [1.165, 1.54) is 0 Å². The number of methoxy groups -OCH3 is 2. The largest absolute Gasteiger partial charge is 0.497 e. The lowest BCUT2D eigenvalue weighted by Gasteiger charge is -2.07. The molecule has 0 bridgehead atoms. The van der Waals surface area contributed by atoms with E-state index in [1.807, 2.05) is 37.3 Å². The van der Waals surface area contributed by atoms with E-state index < -0.39 is 11.8 Å². The summed E-state index contributed by atoms with van der Waals surface area (Å²) in [4.78, 5) is 25.5. The second-order valence-electron chi connectivity index (χ2n) is 6.65. The zero-order valence-electron chi connectivity index (χ0n) is 16.0. The number of aryl methyl sites for hydroxylation is 1. The normalized spacial score (nSPS) is 20.7. The van der Waals surface area contributed by atoms with Gasteiger partial charge in [-0.1, -0.05) is 12.1 Å². The van der Waals surface area contributed by atoms with E-state index in [4.69, 9.17) is 14.2 Å². The summed E-state index contributed by atoms with van der Waals surface area (Å²) in [7, 11) is 3.20. The maximum Gasteiger partial charge on any atom is 0.310 e. The summed E-state index contributed by atoms with van der Waals surface area (Å²) >= 11 is 0. The van der Waals surface area contributed by atoms with Crippen molar-refractivity contribution in [2.24, 2.45) is 11.8 Å². The van der Waals surface area contributed by atoms with Crippen LogP contribution in [0.4, 0.5) is 0 Å². The van der Waals surface area contributed by atoms with Crippen LogP contribution in [0, 0.1) is 18.8 Å². The van der Waals surface area contributed by atoms with E-state index in [0.717, 1.165) is 22.6 Å². The van der Waals surface area contributed by atoms with Crippen LogP contribution < -0.4 is 9.47 Å². The lowest BCUT2D eigenvalue weighted by atomic mass is 10.0. The Labute approximate surface area is 159 Å². The van der Waals surface area contributed by atoms with Crippen LogP contribution in [-0.4, -0.2) is 32.6 Å². The van der Waals surface area contributed by atoms with Gasteiger partial charge in [0.25, 0.3) is 0 Å². The molecule has 1 saturated carbocycles. The van der Waals surface area contributed by atoms with Crippen molar-refractivity contribution in [1.82, 2.24) is 0 Å². The molecule has 0 N–H and O–H groups in total. The van der Waals surface area contributed by atoms with Crippen molar-refractivity contribution in [3.8, 4) is 11.5 Å². The maximum absolute atomic E-state index is 13.1. The van der Waals surface area contributed by atoms with Crippen molar-refractivity contribution < 1.29 is 23.8 Å². The Morgan fingerprint density at radius 1 is 0.963 bits per heavy atom. The number of Topliss-reactive ketones (excluding diaryl/α,β-unsaturated/α-hetero) is 1. The van der Waals surface area contributed by atoms with Crippen molar-refractivity contribution in [3.63, 3.8) is 0 Å². The molecule has 3 unspecified atom stereocenters. The Balaban J connectivity index is 1.89. The van der Waals surface area contributed by atoms with Crippen molar-refractivity contribution in [3.05, 3.63) is 59.2 Å². The Morgan fingerprint density at radius 2 is 1.67 bits per heavy atom. The first-order valence-electron chi connectivity index (χ1n) is 9.01. The van der Waals surface area contributed by atoms with Gasteiger partial charge in [-0.3, -0.25) is 9.59 Å². The van der Waals surface area contributed by atoms with Crippen LogP contribution in [0.3, 0.4) is 0 Å². The Kier molecular flexibility index (Phi) is 5.49. The highest BCUT2D eigenvalue weighted by atomic mass is 16.5. The van der Waals surface area contributed by atoms with Gasteiger partial charge in [0.15, 0.2) is 5.78 Å². The number of benzene rings is 2. The first-order valence-corrected chi connectivity index (χ1v) is 9.01. The number of esters is 1. The fourth-order valence-corrected chi connectivity index (χ4v) is 3.63. The molecule has 3 atom stereocenters. The number of hydrogen-bond acceptors (Lipinski definition) is 5. The summed E-state index contributed by atoms with van der Waals surface area (Å²) in [6, 6.07) is 12.8. The van der Waals surface area contributed by atoms with Gasteiger partial charge in [-0.05, 0) is 55.3 Å². The molecule has 0 aromatic heterocycles. The lowest BCUT2D eigenvalue weighted by Crippen LogP contribution is -2.12. The van der Waals surface area contributed by atoms with E-state index in [-0.39, 0.29) is 17.7 Å². The summed E-state index contributed by atoms with van der Waals surface area (Å²) in [5, 5.41) is 0. The van der Waals surface area contributed by atoms with Crippen LogP contribution in [0.15, 0.2) is 42.5 Å². The molecule has 0 heterocycles. The molecule has 1 aliphatic carbocycles. The van der Waals surface area contributed by atoms with Crippen LogP contribution in [0.1, 0.15) is 34.3 Å². The highest BCUT2D eigenvalue weighted by molar-refractivity contribution is 6.04. The number of ether oxygens (including phenoxy) is 3. The quantitative estimate of drug-likeness (QED) is 0.550. The molecule has 3 rings (SSSR count). The Bertz CT molecular complexity index is 840. The average Bonchev–Trinajstić information content (AvgIpc) is 3.43. The summed E-state index contributed by atoms with van der Waals surface area (Å²) in [5.41, 5.74) is 2.42. The molecule has 1 aliphatic rings. The van der Waals surface area contributed by atoms with E-state index >= 15 is 0 Å².